The molecule has 0 unspecified atom stereocenters. The van der Waals surface area contributed by atoms with Crippen LogP contribution >= 0.6 is 0 Å². The Balaban J connectivity index is 2.09. The number of allylic oxidation sites excluding steroid dienone is 2. The molecular formula is C11H16O2Si. The number of aliphatic hydroxyl groups is 1. The maximum atomic E-state index is 11.7. The summed E-state index contributed by atoms with van der Waals surface area (Å²) in [5.41, 5.74) is 1.31. The second kappa shape index (κ2) is 2.32. The lowest BCUT2D eigenvalue weighted by Crippen LogP contribution is -2.29. The molecule has 14 heavy (non-hydrogen) atoms. The van der Waals surface area contributed by atoms with Crippen molar-refractivity contribution in [1.82, 2.24) is 0 Å². The zero-order valence-electron chi connectivity index (χ0n) is 8.66. The number of ketones is 1. The SMILES string of the molecule is C[Si]1(C)[C@H]2CC[C@H]1[C@H]1C(O)=CC(=O)[C@H]12. The molecule has 2 heterocycles. The van der Waals surface area contributed by atoms with E-state index in [0.29, 0.717) is 16.8 Å². The maximum Gasteiger partial charge on any atom is 0.162 e. The average Bonchev–Trinajstić information content (AvgIpc) is 2.63. The lowest BCUT2D eigenvalue weighted by molar-refractivity contribution is -0.118. The van der Waals surface area contributed by atoms with Crippen molar-refractivity contribution in [3.8, 4) is 0 Å². The number of fused-ring (bicyclic) bond motifs is 5. The third-order valence-electron chi connectivity index (χ3n) is 4.91. The number of carbonyl (C=O) groups is 1. The quantitative estimate of drug-likeness (QED) is 0.621. The van der Waals surface area contributed by atoms with Crippen LogP contribution in [-0.4, -0.2) is 19.0 Å². The first-order valence-electron chi connectivity index (χ1n) is 5.48. The number of aliphatic hydroxyl groups excluding tert-OH is 1. The summed E-state index contributed by atoms with van der Waals surface area (Å²) in [4.78, 5) is 11.7. The normalized spacial score (nSPS) is 48.1. The molecule has 1 N–H and O–H groups in total. The summed E-state index contributed by atoms with van der Waals surface area (Å²) >= 11 is 0. The fourth-order valence-electron chi connectivity index (χ4n) is 4.27. The van der Waals surface area contributed by atoms with Gasteiger partial charge < -0.3 is 5.11 Å². The van der Waals surface area contributed by atoms with Crippen LogP contribution in [0.3, 0.4) is 0 Å². The zero-order valence-corrected chi connectivity index (χ0v) is 9.66. The average molecular weight is 208 g/mol. The van der Waals surface area contributed by atoms with Gasteiger partial charge in [-0.2, -0.15) is 0 Å². The van der Waals surface area contributed by atoms with Gasteiger partial charge in [-0.25, -0.2) is 0 Å². The molecule has 0 spiro atoms. The molecule has 76 valence electrons. The van der Waals surface area contributed by atoms with Crippen molar-refractivity contribution < 1.29 is 9.90 Å². The van der Waals surface area contributed by atoms with E-state index >= 15 is 0 Å². The van der Waals surface area contributed by atoms with Crippen molar-refractivity contribution in [2.75, 3.05) is 0 Å². The second-order valence-corrected chi connectivity index (χ2v) is 10.8. The van der Waals surface area contributed by atoms with Crippen LogP contribution in [0.2, 0.25) is 24.2 Å². The van der Waals surface area contributed by atoms with E-state index in [1.54, 1.807) is 0 Å². The van der Waals surface area contributed by atoms with E-state index in [-0.39, 0.29) is 17.6 Å². The zero-order chi connectivity index (χ0) is 10.1. The molecule has 0 aromatic carbocycles. The Morgan fingerprint density at radius 2 is 1.86 bits per heavy atom. The fourth-order valence-corrected chi connectivity index (χ4v) is 9.24. The van der Waals surface area contributed by atoms with E-state index in [1.807, 2.05) is 0 Å². The summed E-state index contributed by atoms with van der Waals surface area (Å²) in [6.45, 7) is 4.79. The van der Waals surface area contributed by atoms with Gasteiger partial charge >= 0.3 is 0 Å². The van der Waals surface area contributed by atoms with Gasteiger partial charge in [0.15, 0.2) is 5.78 Å². The Kier molecular flexibility index (Phi) is 1.45. The highest BCUT2D eigenvalue weighted by molar-refractivity contribution is 6.82. The number of hydrogen-bond donors (Lipinski definition) is 1. The van der Waals surface area contributed by atoms with Crippen LogP contribution < -0.4 is 0 Å². The largest absolute Gasteiger partial charge is 0.512 e. The van der Waals surface area contributed by atoms with Crippen molar-refractivity contribution in [2.45, 2.75) is 37.0 Å². The molecule has 3 rings (SSSR count). The van der Waals surface area contributed by atoms with Gasteiger partial charge in [-0.3, -0.25) is 4.79 Å². The molecular weight excluding hydrogens is 192 g/mol. The van der Waals surface area contributed by atoms with E-state index < -0.39 is 8.07 Å². The van der Waals surface area contributed by atoms with Crippen LogP contribution in [0, 0.1) is 11.8 Å². The van der Waals surface area contributed by atoms with E-state index in [0.717, 1.165) is 0 Å². The van der Waals surface area contributed by atoms with E-state index in [4.69, 9.17) is 0 Å². The summed E-state index contributed by atoms with van der Waals surface area (Å²) in [5.74, 6) is 1.01. The van der Waals surface area contributed by atoms with Gasteiger partial charge in [0.05, 0.1) is 13.8 Å². The number of hydrogen-bond acceptors (Lipinski definition) is 2. The molecule has 2 saturated heterocycles. The summed E-state index contributed by atoms with van der Waals surface area (Å²) in [6.07, 6.45) is 3.97. The highest BCUT2D eigenvalue weighted by Gasteiger charge is 2.64. The molecule has 2 nitrogen and oxygen atoms in total. The Labute approximate surface area is 85.0 Å². The monoisotopic (exact) mass is 208 g/mol. The molecule has 4 atom stereocenters. The van der Waals surface area contributed by atoms with Crippen LogP contribution in [0.1, 0.15) is 12.8 Å². The van der Waals surface area contributed by atoms with Crippen LogP contribution in [0.25, 0.3) is 0 Å². The van der Waals surface area contributed by atoms with Crippen molar-refractivity contribution >= 4 is 13.9 Å². The molecule has 3 heteroatoms. The van der Waals surface area contributed by atoms with Crippen molar-refractivity contribution in [1.29, 1.82) is 0 Å². The van der Waals surface area contributed by atoms with Crippen LogP contribution in [-0.2, 0) is 4.79 Å². The predicted octanol–water partition coefficient (Wildman–Crippen LogP) is 2.50. The Morgan fingerprint density at radius 1 is 1.29 bits per heavy atom. The summed E-state index contributed by atoms with van der Waals surface area (Å²) in [5, 5.41) is 9.79. The molecule has 1 aliphatic carbocycles. The van der Waals surface area contributed by atoms with Gasteiger partial charge in [0, 0.05) is 17.9 Å². The molecule has 3 aliphatic rings. The van der Waals surface area contributed by atoms with Gasteiger partial charge in [0.1, 0.15) is 0 Å². The van der Waals surface area contributed by atoms with Gasteiger partial charge in [-0.05, 0) is 11.1 Å². The molecule has 0 saturated carbocycles. The maximum absolute atomic E-state index is 11.7. The van der Waals surface area contributed by atoms with Crippen LogP contribution in [0.15, 0.2) is 11.8 Å². The smallest absolute Gasteiger partial charge is 0.162 e. The summed E-state index contributed by atoms with van der Waals surface area (Å²) in [7, 11) is -1.24. The minimum atomic E-state index is -1.24. The van der Waals surface area contributed by atoms with Gasteiger partial charge in [0.2, 0.25) is 0 Å². The Morgan fingerprint density at radius 3 is 2.43 bits per heavy atom. The predicted molar refractivity (Wildman–Crippen MR) is 56.9 cm³/mol. The topological polar surface area (TPSA) is 37.3 Å². The van der Waals surface area contributed by atoms with Crippen molar-refractivity contribution in [3.63, 3.8) is 0 Å². The Bertz CT molecular complexity index is 345. The molecule has 0 aromatic rings. The summed E-state index contributed by atoms with van der Waals surface area (Å²) in [6, 6.07) is 0. The third kappa shape index (κ3) is 0.760. The van der Waals surface area contributed by atoms with Crippen LogP contribution in [0.5, 0.6) is 0 Å². The minimum Gasteiger partial charge on any atom is -0.512 e. The molecule has 0 radical (unpaired) electrons. The first-order chi connectivity index (χ1) is 6.53. The highest BCUT2D eigenvalue weighted by Crippen LogP contribution is 2.67. The molecule has 2 fully saturated rings. The molecule has 2 aliphatic heterocycles. The molecule has 0 amide bonds. The van der Waals surface area contributed by atoms with E-state index in [2.05, 4.69) is 13.1 Å². The lowest BCUT2D eigenvalue weighted by Gasteiger charge is -2.23. The van der Waals surface area contributed by atoms with Gasteiger partial charge in [0.25, 0.3) is 0 Å². The molecule has 0 aromatic heterocycles. The molecule has 2 bridgehead atoms. The second-order valence-electron chi connectivity index (χ2n) is 5.63. The first-order valence-corrected chi connectivity index (χ1v) is 8.63. The van der Waals surface area contributed by atoms with Gasteiger partial charge in [-0.1, -0.05) is 25.9 Å². The minimum absolute atomic E-state index is 0.176. The standard InChI is InChI=1S/C11H16O2Si/c1-14(2)8-3-4-9(14)11-7(13)5-6(12)10(8)11/h5,8-12H,3-4H2,1-2H3/t8-,9-,10+,11-/m0/s1. The van der Waals surface area contributed by atoms with Crippen molar-refractivity contribution in [2.24, 2.45) is 11.8 Å². The number of carbonyl (C=O) groups excluding carboxylic acids is 1. The highest BCUT2D eigenvalue weighted by atomic mass is 28.3. The van der Waals surface area contributed by atoms with Crippen LogP contribution in [0.4, 0.5) is 0 Å². The van der Waals surface area contributed by atoms with E-state index in [1.165, 1.54) is 18.9 Å². The Hall–Kier alpha value is -0.573. The number of rotatable bonds is 0. The first kappa shape index (κ1) is 8.71. The van der Waals surface area contributed by atoms with Crippen molar-refractivity contribution in [3.05, 3.63) is 11.8 Å². The third-order valence-corrected chi connectivity index (χ3v) is 10.0. The summed E-state index contributed by atoms with van der Waals surface area (Å²) < 4.78 is 0. The fraction of sp³-hybridized carbons (Fsp3) is 0.727. The van der Waals surface area contributed by atoms with Gasteiger partial charge in [-0.15, -0.1) is 0 Å². The van der Waals surface area contributed by atoms with E-state index in [9.17, 15) is 9.90 Å². The lowest BCUT2D eigenvalue weighted by atomic mass is 9.80.